The van der Waals surface area contributed by atoms with Gasteiger partial charge >= 0.3 is 0 Å². The Morgan fingerprint density at radius 3 is 2.45 bits per heavy atom. The third kappa shape index (κ3) is 4.78. The molecular weight excluding hydrogens is 540 g/mol. The van der Waals surface area contributed by atoms with Crippen LogP contribution in [0.5, 0.6) is 0 Å². The Kier molecular flexibility index (Phi) is 6.51. The van der Waals surface area contributed by atoms with Gasteiger partial charge in [-0.3, -0.25) is 14.3 Å². The Hall–Kier alpha value is -3.04. The van der Waals surface area contributed by atoms with E-state index in [-0.39, 0.29) is 29.3 Å². The van der Waals surface area contributed by atoms with E-state index >= 15 is 0 Å². The van der Waals surface area contributed by atoms with Crippen LogP contribution in [-0.2, 0) is 26.5 Å². The van der Waals surface area contributed by atoms with Gasteiger partial charge in [-0.05, 0) is 43.9 Å². The molecule has 0 unspecified atom stereocenters. The van der Waals surface area contributed by atoms with Gasteiger partial charge in [-0.1, -0.05) is 17.7 Å². The number of aromatic nitrogens is 2. The monoisotopic (exact) mass is 565 g/mol. The summed E-state index contributed by atoms with van der Waals surface area (Å²) in [7, 11) is -2.36. The van der Waals surface area contributed by atoms with E-state index in [9.17, 15) is 32.0 Å². The molecule has 1 N–H and O–H groups in total. The van der Waals surface area contributed by atoms with Crippen LogP contribution in [0, 0.1) is 23.2 Å². The highest BCUT2D eigenvalue weighted by Crippen LogP contribution is 2.43. The summed E-state index contributed by atoms with van der Waals surface area (Å²) in [5, 5.41) is 15.0. The number of nitrogens with zero attached hydrogens (tertiary/aromatic N) is 4. The molecule has 38 heavy (non-hydrogen) atoms. The fraction of sp³-hybridized carbons (Fsp3) is 0.520. The molecule has 1 saturated heterocycles. The molecular formula is C25H26ClF2N5O4S. The van der Waals surface area contributed by atoms with Crippen molar-refractivity contribution < 1.29 is 26.8 Å². The summed E-state index contributed by atoms with van der Waals surface area (Å²) in [4.78, 5) is 27.4. The molecule has 3 atom stereocenters. The van der Waals surface area contributed by atoms with E-state index in [1.807, 2.05) is 6.07 Å². The van der Waals surface area contributed by atoms with Crippen LogP contribution in [0.25, 0.3) is 11.3 Å². The molecule has 1 aromatic carbocycles. The lowest BCUT2D eigenvalue weighted by atomic mass is 9.93. The van der Waals surface area contributed by atoms with Crippen molar-refractivity contribution in [2.24, 2.45) is 18.9 Å². The smallest absolute Gasteiger partial charge is 0.267 e. The van der Waals surface area contributed by atoms with Crippen LogP contribution in [-0.4, -0.2) is 64.7 Å². The second kappa shape index (κ2) is 9.31. The zero-order valence-corrected chi connectivity index (χ0v) is 22.1. The van der Waals surface area contributed by atoms with Crippen LogP contribution in [0.15, 0.2) is 35.4 Å². The maximum Gasteiger partial charge on any atom is 0.267 e. The van der Waals surface area contributed by atoms with E-state index in [1.54, 1.807) is 30.1 Å². The van der Waals surface area contributed by atoms with Crippen LogP contribution in [0.2, 0.25) is 5.02 Å². The van der Waals surface area contributed by atoms with E-state index < -0.39 is 63.2 Å². The Bertz CT molecular complexity index is 1450. The lowest BCUT2D eigenvalue weighted by Gasteiger charge is -2.24. The minimum Gasteiger partial charge on any atom is -0.338 e. The highest BCUT2D eigenvalue weighted by Gasteiger charge is 2.53. The van der Waals surface area contributed by atoms with Crippen molar-refractivity contribution >= 4 is 33.3 Å². The zero-order chi connectivity index (χ0) is 27.5. The number of hydrogen-bond acceptors (Lipinski definition) is 6. The Morgan fingerprint density at radius 1 is 1.18 bits per heavy atom. The van der Waals surface area contributed by atoms with E-state index in [2.05, 4.69) is 10.4 Å². The highest BCUT2D eigenvalue weighted by molar-refractivity contribution is 7.92. The molecule has 0 spiro atoms. The van der Waals surface area contributed by atoms with Crippen molar-refractivity contribution in [1.82, 2.24) is 20.0 Å². The molecule has 2 aliphatic carbocycles. The quantitative estimate of drug-likeness (QED) is 0.574. The Labute approximate surface area is 223 Å². The summed E-state index contributed by atoms with van der Waals surface area (Å²) in [6, 6.07) is 8.31. The van der Waals surface area contributed by atoms with Gasteiger partial charge in [-0.15, -0.1) is 0 Å². The molecule has 2 amide bonds. The maximum absolute atomic E-state index is 13.8. The SMILES string of the molecule is Cn1nccc1-c1ccc(S(=O)(=O)[C@@H]2C[C@@H](C(=O)NC3(C#N)CC3)[C@H](C(=O)N3CCC(F)(F)C3)C2)c(Cl)c1. The first-order valence-corrected chi connectivity index (χ1v) is 14.2. The van der Waals surface area contributed by atoms with Gasteiger partial charge in [0.15, 0.2) is 9.84 Å². The molecule has 3 aliphatic rings. The van der Waals surface area contributed by atoms with Gasteiger partial charge in [-0.2, -0.15) is 10.4 Å². The molecule has 3 fully saturated rings. The average Bonchev–Trinajstić information content (AvgIpc) is 3.18. The van der Waals surface area contributed by atoms with Gasteiger partial charge in [0.2, 0.25) is 11.8 Å². The first-order chi connectivity index (χ1) is 17.9. The molecule has 2 aromatic rings. The van der Waals surface area contributed by atoms with Gasteiger partial charge < -0.3 is 10.2 Å². The fourth-order valence-corrected chi connectivity index (χ4v) is 7.78. The number of benzene rings is 1. The number of rotatable bonds is 6. The number of alkyl halides is 2. The summed E-state index contributed by atoms with van der Waals surface area (Å²) >= 11 is 6.43. The first kappa shape index (κ1) is 26.6. The molecule has 5 rings (SSSR count). The van der Waals surface area contributed by atoms with Crippen molar-refractivity contribution in [2.45, 2.75) is 53.7 Å². The van der Waals surface area contributed by atoms with Crippen LogP contribution in [0.1, 0.15) is 32.1 Å². The predicted molar refractivity (Wildman–Crippen MR) is 133 cm³/mol. The lowest BCUT2D eigenvalue weighted by Crippen LogP contribution is -2.45. The third-order valence-electron chi connectivity index (χ3n) is 7.78. The minimum absolute atomic E-state index is 0.0138. The van der Waals surface area contributed by atoms with E-state index in [4.69, 9.17) is 11.6 Å². The summed E-state index contributed by atoms with van der Waals surface area (Å²) in [6.45, 7) is -0.935. The molecule has 9 nitrogen and oxygen atoms in total. The van der Waals surface area contributed by atoms with E-state index in [0.717, 1.165) is 10.6 Å². The molecule has 202 valence electrons. The molecule has 0 bridgehead atoms. The molecule has 13 heteroatoms. The molecule has 1 aliphatic heterocycles. The van der Waals surface area contributed by atoms with Gasteiger partial charge in [0.05, 0.1) is 45.3 Å². The number of nitrogens with one attached hydrogen (secondary N) is 1. The molecule has 2 heterocycles. The zero-order valence-electron chi connectivity index (χ0n) is 20.5. The van der Waals surface area contributed by atoms with Crippen molar-refractivity contribution in [3.8, 4) is 17.3 Å². The molecule has 0 radical (unpaired) electrons. The number of halogens is 3. The number of sulfone groups is 1. The first-order valence-electron chi connectivity index (χ1n) is 12.3. The number of hydrogen-bond donors (Lipinski definition) is 1. The summed E-state index contributed by atoms with van der Waals surface area (Å²) in [6.07, 6.45) is 1.64. The van der Waals surface area contributed by atoms with E-state index in [0.29, 0.717) is 18.4 Å². The average molecular weight is 566 g/mol. The van der Waals surface area contributed by atoms with Crippen molar-refractivity contribution in [2.75, 3.05) is 13.1 Å². The summed E-state index contributed by atoms with van der Waals surface area (Å²) < 4.78 is 56.7. The minimum atomic E-state index is -4.10. The number of nitriles is 1. The normalized spacial score (nSPS) is 25.7. The number of amides is 2. The molecule has 1 aromatic heterocycles. The second-order valence-electron chi connectivity index (χ2n) is 10.4. The van der Waals surface area contributed by atoms with Crippen molar-refractivity contribution in [3.63, 3.8) is 0 Å². The number of likely N-dealkylation sites (tertiary alicyclic amines) is 1. The third-order valence-corrected chi connectivity index (χ3v) is 10.4. The van der Waals surface area contributed by atoms with Crippen LogP contribution in [0.3, 0.4) is 0 Å². The van der Waals surface area contributed by atoms with Crippen molar-refractivity contribution in [3.05, 3.63) is 35.5 Å². The second-order valence-corrected chi connectivity index (χ2v) is 13.0. The topological polar surface area (TPSA) is 125 Å². The Balaban J connectivity index is 1.43. The number of carbonyl (C=O) groups is 2. The fourth-order valence-electron chi connectivity index (χ4n) is 5.41. The summed E-state index contributed by atoms with van der Waals surface area (Å²) in [5.41, 5.74) is 0.368. The van der Waals surface area contributed by atoms with Crippen LogP contribution < -0.4 is 5.32 Å². The van der Waals surface area contributed by atoms with E-state index in [1.165, 1.54) is 12.1 Å². The van der Waals surface area contributed by atoms with Gasteiger partial charge in [-0.25, -0.2) is 17.2 Å². The lowest BCUT2D eigenvalue weighted by molar-refractivity contribution is -0.141. The molecule has 2 saturated carbocycles. The highest BCUT2D eigenvalue weighted by atomic mass is 35.5. The largest absolute Gasteiger partial charge is 0.338 e. The summed E-state index contributed by atoms with van der Waals surface area (Å²) in [5.74, 6) is -6.48. The van der Waals surface area contributed by atoms with Gasteiger partial charge in [0, 0.05) is 31.8 Å². The van der Waals surface area contributed by atoms with Gasteiger partial charge in [0.1, 0.15) is 5.54 Å². The van der Waals surface area contributed by atoms with Crippen LogP contribution in [0.4, 0.5) is 8.78 Å². The van der Waals surface area contributed by atoms with Gasteiger partial charge in [0.25, 0.3) is 5.92 Å². The predicted octanol–water partition coefficient (Wildman–Crippen LogP) is 2.95. The number of aryl methyl sites for hydroxylation is 1. The maximum atomic E-state index is 13.8. The number of carbonyl (C=O) groups excluding carboxylic acids is 2. The standard InChI is InChI=1S/C25H26ClF2N5O4S/c1-32-20(4-8-30-32)15-2-3-21(19(26)10-15)38(36,37)16-11-17(22(34)31-24(13-29)5-6-24)18(12-16)23(35)33-9-7-25(27,28)14-33/h2-4,8,10,16-18H,5-7,9,11-12,14H2,1H3,(H,31,34)/t16-,17-,18-/m1/s1. The van der Waals surface area contributed by atoms with Crippen LogP contribution >= 0.6 is 11.6 Å². The van der Waals surface area contributed by atoms with Crippen molar-refractivity contribution in [1.29, 1.82) is 5.26 Å². The Morgan fingerprint density at radius 2 is 1.89 bits per heavy atom.